The fraction of sp³-hybridized carbons (Fsp3) is 0.385. The number of methoxy groups -OCH3 is 2. The summed E-state index contributed by atoms with van der Waals surface area (Å²) in [4.78, 5) is 0. The predicted molar refractivity (Wildman–Crippen MR) is 69.3 cm³/mol. The van der Waals surface area contributed by atoms with E-state index in [0.29, 0.717) is 23.7 Å². The van der Waals surface area contributed by atoms with Crippen molar-refractivity contribution in [3.05, 3.63) is 35.7 Å². The quantitative estimate of drug-likeness (QED) is 0.883. The molecule has 0 saturated carbocycles. The summed E-state index contributed by atoms with van der Waals surface area (Å²) in [5.41, 5.74) is 1.57. The highest BCUT2D eigenvalue weighted by Gasteiger charge is 2.08. The zero-order valence-electron chi connectivity index (χ0n) is 11.2. The minimum absolute atomic E-state index is 0.556. The number of aliphatic hydroxyl groups is 1. The molecule has 102 valence electrons. The highest BCUT2D eigenvalue weighted by molar-refractivity contribution is 5.42. The third-order valence-corrected chi connectivity index (χ3v) is 2.78. The van der Waals surface area contributed by atoms with Gasteiger partial charge in [0.15, 0.2) is 11.5 Å². The van der Waals surface area contributed by atoms with Crippen LogP contribution in [0.3, 0.4) is 0 Å². The van der Waals surface area contributed by atoms with Gasteiger partial charge in [0, 0.05) is 0 Å². The molecule has 0 saturated heterocycles. The van der Waals surface area contributed by atoms with Crippen molar-refractivity contribution in [2.24, 2.45) is 0 Å². The molecule has 0 fully saturated rings. The van der Waals surface area contributed by atoms with Gasteiger partial charge in [-0.1, -0.05) is 11.3 Å². The lowest BCUT2D eigenvalue weighted by atomic mass is 10.2. The number of benzene rings is 1. The van der Waals surface area contributed by atoms with Crippen molar-refractivity contribution in [3.8, 4) is 11.5 Å². The van der Waals surface area contributed by atoms with E-state index in [1.54, 1.807) is 32.0 Å². The molecule has 0 aliphatic rings. The Labute approximate surface area is 111 Å². The fourth-order valence-corrected chi connectivity index (χ4v) is 1.75. The van der Waals surface area contributed by atoms with Crippen molar-refractivity contribution in [1.29, 1.82) is 0 Å². The van der Waals surface area contributed by atoms with Gasteiger partial charge in [0.1, 0.15) is 5.69 Å². The summed E-state index contributed by atoms with van der Waals surface area (Å²) in [6.45, 7) is 2.21. The molecule has 1 atom stereocenters. The zero-order chi connectivity index (χ0) is 13.8. The molecular weight excluding hydrogens is 246 g/mol. The van der Waals surface area contributed by atoms with Crippen LogP contribution in [0.4, 0.5) is 0 Å². The molecule has 6 nitrogen and oxygen atoms in total. The predicted octanol–water partition coefficient (Wildman–Crippen LogP) is 1.40. The van der Waals surface area contributed by atoms with E-state index in [4.69, 9.17) is 9.47 Å². The van der Waals surface area contributed by atoms with Crippen LogP contribution in [0, 0.1) is 0 Å². The molecule has 0 amide bonds. The molecule has 1 aromatic heterocycles. The summed E-state index contributed by atoms with van der Waals surface area (Å²) >= 11 is 0. The Morgan fingerprint density at radius 3 is 2.58 bits per heavy atom. The molecule has 19 heavy (non-hydrogen) atoms. The molecule has 0 radical (unpaired) electrons. The average Bonchev–Trinajstić information content (AvgIpc) is 2.87. The summed E-state index contributed by atoms with van der Waals surface area (Å²) in [6, 6.07) is 5.67. The number of hydrogen-bond acceptors (Lipinski definition) is 5. The molecule has 1 unspecified atom stereocenters. The fourth-order valence-electron chi connectivity index (χ4n) is 1.75. The van der Waals surface area contributed by atoms with Gasteiger partial charge in [-0.3, -0.25) is 0 Å². The van der Waals surface area contributed by atoms with Gasteiger partial charge in [0.25, 0.3) is 0 Å². The molecule has 0 aliphatic heterocycles. The van der Waals surface area contributed by atoms with E-state index in [1.165, 1.54) is 0 Å². The molecule has 2 aromatic rings. The van der Waals surface area contributed by atoms with Gasteiger partial charge in [0.2, 0.25) is 0 Å². The van der Waals surface area contributed by atoms with Crippen LogP contribution >= 0.6 is 0 Å². The van der Waals surface area contributed by atoms with Crippen LogP contribution in [-0.4, -0.2) is 34.3 Å². The lowest BCUT2D eigenvalue weighted by Crippen LogP contribution is -2.01. The Morgan fingerprint density at radius 2 is 2.00 bits per heavy atom. The Kier molecular flexibility index (Phi) is 4.01. The second kappa shape index (κ2) is 5.71. The van der Waals surface area contributed by atoms with E-state index < -0.39 is 6.10 Å². The van der Waals surface area contributed by atoms with Crippen molar-refractivity contribution >= 4 is 0 Å². The normalized spacial score (nSPS) is 12.2. The maximum absolute atomic E-state index is 9.40. The van der Waals surface area contributed by atoms with E-state index in [2.05, 4.69) is 10.3 Å². The highest BCUT2D eigenvalue weighted by atomic mass is 16.5. The Hall–Kier alpha value is -2.08. The van der Waals surface area contributed by atoms with E-state index in [9.17, 15) is 5.11 Å². The molecule has 1 N–H and O–H groups in total. The first kappa shape index (κ1) is 13.4. The third kappa shape index (κ3) is 3.03. The number of aliphatic hydroxyl groups excluding tert-OH is 1. The van der Waals surface area contributed by atoms with Crippen molar-refractivity contribution in [2.75, 3.05) is 14.2 Å². The highest BCUT2D eigenvalue weighted by Crippen LogP contribution is 2.27. The van der Waals surface area contributed by atoms with Crippen LogP contribution in [0.2, 0.25) is 0 Å². The lowest BCUT2D eigenvalue weighted by molar-refractivity contribution is 0.194. The smallest absolute Gasteiger partial charge is 0.161 e. The summed E-state index contributed by atoms with van der Waals surface area (Å²) in [5.74, 6) is 1.37. The van der Waals surface area contributed by atoms with Gasteiger partial charge in [-0.05, 0) is 24.6 Å². The van der Waals surface area contributed by atoms with Gasteiger partial charge in [-0.25, -0.2) is 4.68 Å². The van der Waals surface area contributed by atoms with E-state index in [-0.39, 0.29) is 0 Å². The van der Waals surface area contributed by atoms with Crippen LogP contribution in [0.15, 0.2) is 24.4 Å². The third-order valence-electron chi connectivity index (χ3n) is 2.78. The maximum Gasteiger partial charge on any atom is 0.161 e. The van der Waals surface area contributed by atoms with Gasteiger partial charge in [-0.2, -0.15) is 0 Å². The van der Waals surface area contributed by atoms with Crippen LogP contribution in [0.1, 0.15) is 24.3 Å². The van der Waals surface area contributed by atoms with Crippen molar-refractivity contribution in [3.63, 3.8) is 0 Å². The Morgan fingerprint density at radius 1 is 1.26 bits per heavy atom. The van der Waals surface area contributed by atoms with Crippen molar-refractivity contribution in [1.82, 2.24) is 15.0 Å². The lowest BCUT2D eigenvalue weighted by Gasteiger charge is -2.09. The number of hydrogen-bond donors (Lipinski definition) is 1. The van der Waals surface area contributed by atoms with Gasteiger partial charge in [0.05, 0.1) is 33.1 Å². The first-order valence-corrected chi connectivity index (χ1v) is 5.93. The average molecular weight is 263 g/mol. The summed E-state index contributed by atoms with van der Waals surface area (Å²) in [7, 11) is 3.20. The zero-order valence-corrected chi connectivity index (χ0v) is 11.2. The second-order valence-corrected chi connectivity index (χ2v) is 4.21. The maximum atomic E-state index is 9.40. The molecule has 0 spiro atoms. The van der Waals surface area contributed by atoms with Crippen molar-refractivity contribution in [2.45, 2.75) is 19.6 Å². The summed E-state index contributed by atoms with van der Waals surface area (Å²) < 4.78 is 12.1. The number of nitrogens with zero attached hydrogens (tertiary/aromatic N) is 3. The molecule has 1 aromatic carbocycles. The minimum Gasteiger partial charge on any atom is -0.493 e. The topological polar surface area (TPSA) is 69.4 Å². The Balaban J connectivity index is 2.18. The van der Waals surface area contributed by atoms with E-state index >= 15 is 0 Å². The Bertz CT molecular complexity index is 552. The molecule has 2 rings (SSSR count). The van der Waals surface area contributed by atoms with Gasteiger partial charge in [-0.15, -0.1) is 5.10 Å². The summed E-state index contributed by atoms with van der Waals surface area (Å²) in [6.07, 6.45) is 1.11. The number of aromatic nitrogens is 3. The minimum atomic E-state index is -0.612. The first-order valence-electron chi connectivity index (χ1n) is 5.93. The second-order valence-electron chi connectivity index (χ2n) is 4.21. The number of rotatable bonds is 5. The van der Waals surface area contributed by atoms with E-state index in [1.807, 2.05) is 18.2 Å². The van der Waals surface area contributed by atoms with E-state index in [0.717, 1.165) is 5.56 Å². The van der Waals surface area contributed by atoms with Crippen LogP contribution in [0.5, 0.6) is 11.5 Å². The van der Waals surface area contributed by atoms with Crippen LogP contribution in [-0.2, 0) is 6.54 Å². The standard InChI is InChI=1S/C13H17N3O3/c1-9(17)11-8-16(15-14-11)7-10-4-5-12(18-2)13(6-10)19-3/h4-6,8-9,17H,7H2,1-3H3. The molecule has 0 aliphatic carbocycles. The molecule has 0 bridgehead atoms. The summed E-state index contributed by atoms with van der Waals surface area (Å²) in [5, 5.41) is 17.3. The number of ether oxygens (including phenoxy) is 2. The van der Waals surface area contributed by atoms with Gasteiger partial charge >= 0.3 is 0 Å². The van der Waals surface area contributed by atoms with Gasteiger partial charge < -0.3 is 14.6 Å². The molecular formula is C13H17N3O3. The largest absolute Gasteiger partial charge is 0.493 e. The van der Waals surface area contributed by atoms with Crippen LogP contribution < -0.4 is 9.47 Å². The van der Waals surface area contributed by atoms with Crippen LogP contribution in [0.25, 0.3) is 0 Å². The SMILES string of the molecule is COc1ccc(Cn2cc(C(C)O)nn2)cc1OC. The molecule has 6 heteroatoms. The van der Waals surface area contributed by atoms with Crippen molar-refractivity contribution < 1.29 is 14.6 Å². The first-order chi connectivity index (χ1) is 9.13. The monoisotopic (exact) mass is 263 g/mol. The molecule has 1 heterocycles.